The minimum absolute atomic E-state index is 0.0193. The number of piperidine rings is 1. The average Bonchev–Trinajstić information content (AvgIpc) is 2.47. The summed E-state index contributed by atoms with van der Waals surface area (Å²) in [6.45, 7) is 3.98. The van der Waals surface area contributed by atoms with Crippen molar-refractivity contribution in [3.8, 4) is 6.07 Å². The Hall–Kier alpha value is -1.41. The van der Waals surface area contributed by atoms with E-state index < -0.39 is 0 Å². The molecule has 0 amide bonds. The maximum Gasteiger partial charge on any atom is 0.0991 e. The number of likely N-dealkylation sites (tertiary alicyclic amines) is 1. The van der Waals surface area contributed by atoms with Crippen molar-refractivity contribution in [2.45, 2.75) is 19.4 Å². The van der Waals surface area contributed by atoms with E-state index in [4.69, 9.17) is 5.26 Å². The van der Waals surface area contributed by atoms with E-state index in [0.29, 0.717) is 5.56 Å². The molecule has 21 heavy (non-hydrogen) atoms. The molecule has 0 aromatic heterocycles. The number of hydrogen-bond acceptors (Lipinski definition) is 4. The normalized spacial score (nSPS) is 23.2. The van der Waals surface area contributed by atoms with Gasteiger partial charge in [0.05, 0.1) is 18.2 Å². The van der Waals surface area contributed by atoms with E-state index in [1.807, 2.05) is 18.2 Å². The van der Waals surface area contributed by atoms with Crippen molar-refractivity contribution in [2.24, 2.45) is 5.41 Å². The van der Waals surface area contributed by atoms with E-state index >= 15 is 0 Å². The van der Waals surface area contributed by atoms with Crippen LogP contribution in [-0.2, 0) is 6.54 Å². The number of aliphatic hydroxyl groups is 1. The number of rotatable bonds is 5. The summed E-state index contributed by atoms with van der Waals surface area (Å²) in [5.41, 5.74) is 1.87. The van der Waals surface area contributed by atoms with E-state index in [1.165, 1.54) is 5.56 Å². The largest absolute Gasteiger partial charge is 0.396 e. The molecular formula is C17H25N3O. The zero-order chi connectivity index (χ0) is 15.3. The molecule has 2 rings (SSSR count). The lowest BCUT2D eigenvalue weighted by Crippen LogP contribution is -2.49. The molecule has 114 valence electrons. The van der Waals surface area contributed by atoms with Gasteiger partial charge in [-0.1, -0.05) is 12.1 Å². The zero-order valence-electron chi connectivity index (χ0n) is 13.0. The molecule has 0 radical (unpaired) electrons. The van der Waals surface area contributed by atoms with Gasteiger partial charge in [-0.3, -0.25) is 4.90 Å². The van der Waals surface area contributed by atoms with Crippen LogP contribution < -0.4 is 0 Å². The van der Waals surface area contributed by atoms with Crippen LogP contribution in [0.25, 0.3) is 0 Å². The fourth-order valence-electron chi connectivity index (χ4n) is 3.42. The maximum atomic E-state index is 9.86. The summed E-state index contributed by atoms with van der Waals surface area (Å²) in [7, 11) is 4.12. The second-order valence-electron chi connectivity index (χ2n) is 6.52. The first-order valence-corrected chi connectivity index (χ1v) is 7.54. The second kappa shape index (κ2) is 7.04. The summed E-state index contributed by atoms with van der Waals surface area (Å²) in [5, 5.41) is 18.8. The number of benzene rings is 1. The smallest absolute Gasteiger partial charge is 0.0991 e. The molecule has 1 aliphatic rings. The molecule has 0 saturated carbocycles. The molecule has 0 aliphatic carbocycles. The van der Waals surface area contributed by atoms with Crippen molar-refractivity contribution >= 4 is 0 Å². The third-order valence-electron chi connectivity index (χ3n) is 4.19. The van der Waals surface area contributed by atoms with Crippen molar-refractivity contribution in [3.05, 3.63) is 35.4 Å². The Morgan fingerprint density at radius 3 is 2.90 bits per heavy atom. The van der Waals surface area contributed by atoms with Crippen LogP contribution in [-0.4, -0.2) is 55.2 Å². The Bertz CT molecular complexity index is 509. The highest BCUT2D eigenvalue weighted by molar-refractivity contribution is 5.32. The highest BCUT2D eigenvalue weighted by atomic mass is 16.3. The van der Waals surface area contributed by atoms with Crippen LogP contribution in [0.15, 0.2) is 24.3 Å². The fraction of sp³-hybridized carbons (Fsp3) is 0.588. The predicted molar refractivity (Wildman–Crippen MR) is 83.7 cm³/mol. The van der Waals surface area contributed by atoms with Gasteiger partial charge in [-0.05, 0) is 51.2 Å². The minimum Gasteiger partial charge on any atom is -0.396 e. The topological polar surface area (TPSA) is 50.5 Å². The molecule has 4 heteroatoms. The quantitative estimate of drug-likeness (QED) is 0.895. The zero-order valence-corrected chi connectivity index (χ0v) is 13.0. The molecule has 0 unspecified atom stereocenters. The Morgan fingerprint density at radius 2 is 2.24 bits per heavy atom. The third-order valence-corrected chi connectivity index (χ3v) is 4.19. The molecule has 1 atom stereocenters. The molecule has 1 aromatic rings. The first-order valence-electron chi connectivity index (χ1n) is 7.54. The number of aliphatic hydroxyl groups excluding tert-OH is 1. The maximum absolute atomic E-state index is 9.86. The van der Waals surface area contributed by atoms with Crippen LogP contribution in [0, 0.1) is 16.7 Å². The molecule has 1 N–H and O–H groups in total. The lowest BCUT2D eigenvalue weighted by molar-refractivity contribution is 0.0105. The highest BCUT2D eigenvalue weighted by Crippen LogP contribution is 2.31. The van der Waals surface area contributed by atoms with E-state index in [1.54, 1.807) is 0 Å². The number of nitrogens with zero attached hydrogens (tertiary/aromatic N) is 3. The van der Waals surface area contributed by atoms with Crippen LogP contribution in [0.4, 0.5) is 0 Å². The average molecular weight is 287 g/mol. The van der Waals surface area contributed by atoms with Crippen LogP contribution in [0.5, 0.6) is 0 Å². The predicted octanol–water partition coefficient (Wildman–Crippen LogP) is 1.69. The molecule has 0 spiro atoms. The van der Waals surface area contributed by atoms with Crippen molar-refractivity contribution in [3.63, 3.8) is 0 Å². The van der Waals surface area contributed by atoms with Crippen molar-refractivity contribution in [1.29, 1.82) is 5.26 Å². The monoisotopic (exact) mass is 287 g/mol. The van der Waals surface area contributed by atoms with Crippen LogP contribution >= 0.6 is 0 Å². The molecule has 1 heterocycles. The van der Waals surface area contributed by atoms with Gasteiger partial charge in [-0.2, -0.15) is 5.26 Å². The molecule has 1 aromatic carbocycles. The molecule has 4 nitrogen and oxygen atoms in total. The Balaban J connectivity index is 2.05. The van der Waals surface area contributed by atoms with Gasteiger partial charge in [0.2, 0.25) is 0 Å². The summed E-state index contributed by atoms with van der Waals surface area (Å²) in [6.07, 6.45) is 2.20. The molecule has 1 aliphatic heterocycles. The molecular weight excluding hydrogens is 262 g/mol. The van der Waals surface area contributed by atoms with Crippen LogP contribution in [0.2, 0.25) is 0 Å². The third kappa shape index (κ3) is 4.28. The minimum atomic E-state index is -0.0193. The lowest BCUT2D eigenvalue weighted by atomic mass is 9.80. The van der Waals surface area contributed by atoms with E-state index in [2.05, 4.69) is 36.0 Å². The Labute approximate surface area is 127 Å². The summed E-state index contributed by atoms with van der Waals surface area (Å²) >= 11 is 0. The second-order valence-corrected chi connectivity index (χ2v) is 6.52. The van der Waals surface area contributed by atoms with Gasteiger partial charge in [0, 0.05) is 25.0 Å². The van der Waals surface area contributed by atoms with E-state index in [0.717, 1.165) is 39.0 Å². The molecule has 1 fully saturated rings. The van der Waals surface area contributed by atoms with Crippen molar-refractivity contribution in [2.75, 3.05) is 40.3 Å². The molecule has 1 saturated heterocycles. The Morgan fingerprint density at radius 1 is 1.43 bits per heavy atom. The van der Waals surface area contributed by atoms with Crippen LogP contribution in [0.3, 0.4) is 0 Å². The van der Waals surface area contributed by atoms with Crippen molar-refractivity contribution < 1.29 is 5.11 Å². The van der Waals surface area contributed by atoms with Gasteiger partial charge in [-0.15, -0.1) is 0 Å². The van der Waals surface area contributed by atoms with Gasteiger partial charge in [0.1, 0.15) is 0 Å². The number of nitriles is 1. The summed E-state index contributed by atoms with van der Waals surface area (Å²) in [5.74, 6) is 0. The highest BCUT2D eigenvalue weighted by Gasteiger charge is 2.35. The Kier molecular flexibility index (Phi) is 5.35. The first-order chi connectivity index (χ1) is 10.1. The summed E-state index contributed by atoms with van der Waals surface area (Å²) in [4.78, 5) is 4.57. The van der Waals surface area contributed by atoms with Crippen molar-refractivity contribution in [1.82, 2.24) is 9.80 Å². The van der Waals surface area contributed by atoms with Gasteiger partial charge in [0.15, 0.2) is 0 Å². The molecule has 0 bridgehead atoms. The summed E-state index contributed by atoms with van der Waals surface area (Å²) < 4.78 is 0. The fourth-order valence-corrected chi connectivity index (χ4v) is 3.42. The van der Waals surface area contributed by atoms with Crippen LogP contribution in [0.1, 0.15) is 24.0 Å². The van der Waals surface area contributed by atoms with E-state index in [-0.39, 0.29) is 12.0 Å². The van der Waals surface area contributed by atoms with Gasteiger partial charge < -0.3 is 10.0 Å². The standard InChI is InChI=1S/C17H25N3O/c1-19(2)12-17(14-21)7-4-8-20(13-17)11-16-6-3-5-15(9-16)10-18/h3,5-6,9,21H,4,7-8,11-14H2,1-2H3/t17-/m0/s1. The van der Waals surface area contributed by atoms with E-state index in [9.17, 15) is 5.11 Å². The first kappa shape index (κ1) is 16.0. The summed E-state index contributed by atoms with van der Waals surface area (Å²) in [6, 6.07) is 10.0. The van der Waals surface area contributed by atoms with Gasteiger partial charge in [-0.25, -0.2) is 0 Å². The van der Waals surface area contributed by atoms with Gasteiger partial charge in [0.25, 0.3) is 0 Å². The number of hydrogen-bond donors (Lipinski definition) is 1. The SMILES string of the molecule is CN(C)C[C@@]1(CO)CCCN(Cc2cccc(C#N)c2)C1. The lowest BCUT2D eigenvalue weighted by Gasteiger charge is -2.43. The van der Waals surface area contributed by atoms with Gasteiger partial charge >= 0.3 is 0 Å².